The molecule has 0 N–H and O–H groups in total. The normalized spacial score (nSPS) is 15.5. The number of hydrogen-bond acceptors (Lipinski definition) is 2. The Balaban J connectivity index is 1.37. The van der Waals surface area contributed by atoms with Gasteiger partial charge in [-0.15, -0.1) is 0 Å². The maximum Gasteiger partial charge on any atom is 0.0551 e. The molecule has 8 aromatic rings. The molecule has 9 rings (SSSR count). The Kier molecular flexibility index (Phi) is 12.5. The van der Waals surface area contributed by atoms with Crippen LogP contribution < -0.4 is 20.2 Å². The molecule has 0 unspecified atom stereocenters. The number of nitrogens with zero attached hydrogens (tertiary/aromatic N) is 2. The van der Waals surface area contributed by atoms with E-state index in [4.69, 9.17) is 6.58 Å². The molecule has 0 aromatic heterocycles. The molecule has 0 heterocycles. The summed E-state index contributed by atoms with van der Waals surface area (Å²) in [7, 11) is -2.62. The van der Waals surface area contributed by atoms with Crippen LogP contribution in [-0.4, -0.2) is 37.5 Å². The maximum atomic E-state index is 5.12. The maximum absolute atomic E-state index is 5.12. The zero-order valence-electron chi connectivity index (χ0n) is 40.9. The molecule has 0 saturated carbocycles. The third kappa shape index (κ3) is 8.93. The summed E-state index contributed by atoms with van der Waals surface area (Å²) in [6, 6.07) is 60.4. The number of fused-ring (bicyclic) bond motifs is 1. The lowest BCUT2D eigenvalue weighted by molar-refractivity contribution is 1.06. The van der Waals surface area contributed by atoms with Crippen molar-refractivity contribution in [2.45, 2.75) is 39.0 Å². The Morgan fingerprint density at radius 2 is 0.940 bits per heavy atom. The van der Waals surface area contributed by atoms with Crippen LogP contribution in [0.2, 0.25) is 0 Å². The molecule has 8 aromatic carbocycles. The highest BCUT2D eigenvalue weighted by atomic mass is 32.3. The summed E-state index contributed by atoms with van der Waals surface area (Å²) in [6.07, 6.45) is 22.8. The van der Waals surface area contributed by atoms with Gasteiger partial charge in [0.25, 0.3) is 0 Å². The van der Waals surface area contributed by atoms with E-state index in [9.17, 15) is 0 Å². The fraction of sp³-hybridized carbons (Fsp3) is 0.175. The molecule has 0 fully saturated rings. The van der Waals surface area contributed by atoms with E-state index in [1.165, 1.54) is 110 Å². The fourth-order valence-electron chi connectivity index (χ4n) is 9.69. The van der Waals surface area contributed by atoms with E-state index in [1.54, 1.807) is 0 Å². The van der Waals surface area contributed by atoms with Gasteiger partial charge >= 0.3 is 0 Å². The largest absolute Gasteiger partial charge is 0.313 e. The van der Waals surface area contributed by atoms with Gasteiger partial charge in [0, 0.05) is 40.3 Å². The molecule has 0 aliphatic heterocycles. The van der Waals surface area contributed by atoms with E-state index in [0.29, 0.717) is 0 Å². The van der Waals surface area contributed by atoms with Gasteiger partial charge in [-0.25, -0.2) is 20.1 Å². The number of allylic oxidation sites excluding steroid dienone is 1. The molecule has 0 spiro atoms. The van der Waals surface area contributed by atoms with Crippen LogP contribution in [0.3, 0.4) is 0 Å². The third-order valence-corrected chi connectivity index (χ3v) is 16.6. The summed E-state index contributed by atoms with van der Waals surface area (Å²) in [4.78, 5) is 7.81. The first-order valence-corrected chi connectivity index (χ1v) is 28.9. The lowest BCUT2D eigenvalue weighted by Gasteiger charge is -2.36. The van der Waals surface area contributed by atoms with Gasteiger partial charge in [0.1, 0.15) is 0 Å². The minimum atomic E-state index is -1.32. The second-order valence-electron chi connectivity index (χ2n) is 19.6. The number of para-hydroxylation sites is 2. The molecule has 2 bridgehead atoms. The average molecular weight is 913 g/mol. The first-order valence-electron chi connectivity index (χ1n) is 23.2. The van der Waals surface area contributed by atoms with Crippen LogP contribution in [0.4, 0.5) is 28.4 Å². The fourth-order valence-corrected chi connectivity index (χ4v) is 12.3. The van der Waals surface area contributed by atoms with Crippen LogP contribution >= 0.6 is 20.1 Å². The molecule has 4 heteroatoms. The van der Waals surface area contributed by atoms with Gasteiger partial charge < -0.3 is 9.80 Å². The molecule has 1 aliphatic rings. The van der Waals surface area contributed by atoms with E-state index in [0.717, 1.165) is 11.6 Å². The van der Waals surface area contributed by atoms with Gasteiger partial charge in [-0.05, 0) is 177 Å². The van der Waals surface area contributed by atoms with Gasteiger partial charge in [0.2, 0.25) is 0 Å². The van der Waals surface area contributed by atoms with Gasteiger partial charge in [0.05, 0.1) is 5.69 Å². The Hall–Kier alpha value is -6.46. The lowest BCUT2D eigenvalue weighted by atomic mass is 9.95. The standard InChI is InChI=1S/C63H64N2S2/c1-43-23-18-20-31-56(43)64(58-39-50(35-33-45(58)3)48-25-14-12-15-26-48)52-29-22-30-55-62(67(9,10)11)42-60(54-38-37-53(47(5)63(54)55)61(41-52)66(6,7)8)65(57-32-21-19-24-44(57)2)59-40-51(36-34-46(59)4)49-27-16-13-17-28-49/h12-28,30-42H,5,29H2,1-4,6-11H3/b30-22-,52-41+,61-53+. The van der Waals surface area contributed by atoms with Crippen molar-refractivity contribution in [1.82, 2.24) is 0 Å². The molecule has 0 radical (unpaired) electrons. The zero-order chi connectivity index (χ0) is 47.2. The Bertz CT molecular complexity index is 3350. The SMILES string of the molecule is C=c1\c2ccc3c(N(c4ccccc4C)c4cc(-c5ccccc5)ccc4C)cc(S(C)(C)C)c(c13)/C=C\C/C(N(c1ccccc1C)c1cc(-c3ccccc3)ccc1C)=C\C=2S(C)(C)C. The topological polar surface area (TPSA) is 6.48 Å². The van der Waals surface area contributed by atoms with E-state index in [-0.39, 0.29) is 0 Å². The molecule has 67 heavy (non-hydrogen) atoms. The summed E-state index contributed by atoms with van der Waals surface area (Å²) < 4.78 is 0. The molecule has 1 aliphatic carbocycles. The summed E-state index contributed by atoms with van der Waals surface area (Å²) in [6.45, 7) is 14.1. The first kappa shape index (κ1) is 45.7. The highest BCUT2D eigenvalue weighted by molar-refractivity contribution is 8.39. The van der Waals surface area contributed by atoms with Gasteiger partial charge in [-0.3, -0.25) is 0 Å². The van der Waals surface area contributed by atoms with Crippen LogP contribution in [0.25, 0.3) is 50.6 Å². The molecule has 0 amide bonds. The van der Waals surface area contributed by atoms with Crippen LogP contribution in [0.15, 0.2) is 187 Å². The van der Waals surface area contributed by atoms with Crippen molar-refractivity contribution in [3.63, 3.8) is 0 Å². The van der Waals surface area contributed by atoms with Crippen molar-refractivity contribution in [2.24, 2.45) is 0 Å². The summed E-state index contributed by atoms with van der Waals surface area (Å²) in [5, 5.41) is 4.75. The molecular weight excluding hydrogens is 849 g/mol. The summed E-state index contributed by atoms with van der Waals surface area (Å²) in [5.41, 5.74) is 18.2. The van der Waals surface area contributed by atoms with Crippen LogP contribution in [0, 0.1) is 27.7 Å². The van der Waals surface area contributed by atoms with Crippen LogP contribution in [0.1, 0.15) is 34.2 Å². The highest BCUT2D eigenvalue weighted by Gasteiger charge is 2.27. The van der Waals surface area contributed by atoms with Crippen molar-refractivity contribution >= 4 is 76.8 Å². The quantitative estimate of drug-likeness (QED) is 0.135. The summed E-state index contributed by atoms with van der Waals surface area (Å²) >= 11 is 0. The number of aryl methyl sites for hydroxylation is 4. The second-order valence-corrected chi connectivity index (χ2v) is 27.8. The Morgan fingerprint density at radius 1 is 0.448 bits per heavy atom. The van der Waals surface area contributed by atoms with Crippen molar-refractivity contribution in [2.75, 3.05) is 47.3 Å². The van der Waals surface area contributed by atoms with Crippen molar-refractivity contribution < 1.29 is 0 Å². The minimum Gasteiger partial charge on any atom is -0.313 e. The van der Waals surface area contributed by atoms with Crippen LogP contribution in [0.5, 0.6) is 0 Å². The van der Waals surface area contributed by atoms with Crippen LogP contribution in [-0.2, 0) is 0 Å². The number of hydrogen-bond donors (Lipinski definition) is 0. The van der Waals surface area contributed by atoms with Gasteiger partial charge in [-0.1, -0.05) is 152 Å². The lowest BCUT2D eigenvalue weighted by Crippen LogP contribution is -2.29. The van der Waals surface area contributed by atoms with Gasteiger partial charge in [-0.2, -0.15) is 0 Å². The molecule has 0 atom stereocenters. The monoisotopic (exact) mass is 912 g/mol. The smallest absolute Gasteiger partial charge is 0.0551 e. The molecular formula is C63H64N2S2. The highest BCUT2D eigenvalue weighted by Crippen LogP contribution is 2.54. The Morgan fingerprint density at radius 3 is 1.46 bits per heavy atom. The average Bonchev–Trinajstić information content (AvgIpc) is 3.30. The molecule has 2 nitrogen and oxygen atoms in total. The number of anilines is 5. The van der Waals surface area contributed by atoms with Crippen molar-refractivity contribution in [1.29, 1.82) is 0 Å². The van der Waals surface area contributed by atoms with Crippen molar-refractivity contribution in [3.05, 3.63) is 220 Å². The van der Waals surface area contributed by atoms with Crippen molar-refractivity contribution in [3.8, 4) is 22.3 Å². The predicted octanol–water partition coefficient (Wildman–Crippen LogP) is 16.3. The van der Waals surface area contributed by atoms with E-state index < -0.39 is 20.1 Å². The third-order valence-electron chi connectivity index (χ3n) is 13.2. The number of benzene rings is 8. The van der Waals surface area contributed by atoms with E-state index >= 15 is 0 Å². The van der Waals surface area contributed by atoms with E-state index in [2.05, 4.69) is 257 Å². The van der Waals surface area contributed by atoms with Gasteiger partial charge in [0.15, 0.2) is 0 Å². The molecule has 338 valence electrons. The predicted molar refractivity (Wildman–Crippen MR) is 302 cm³/mol. The second kappa shape index (κ2) is 18.3. The molecule has 0 saturated heterocycles. The summed E-state index contributed by atoms with van der Waals surface area (Å²) in [5.74, 6) is 0. The first-order chi connectivity index (χ1) is 32.1. The zero-order valence-corrected chi connectivity index (χ0v) is 42.6. The van der Waals surface area contributed by atoms with E-state index in [1.807, 2.05) is 0 Å². The Labute approximate surface area is 403 Å². The minimum absolute atomic E-state index is 0.738. The number of rotatable bonds is 10.